The van der Waals surface area contributed by atoms with Crippen LogP contribution in [0.5, 0.6) is 0 Å². The predicted octanol–water partition coefficient (Wildman–Crippen LogP) is 23.2. The highest BCUT2D eigenvalue weighted by Crippen LogP contribution is 2.45. The zero-order valence-corrected chi connectivity index (χ0v) is 66.4. The van der Waals surface area contributed by atoms with E-state index in [1.54, 1.807) is 0 Å². The van der Waals surface area contributed by atoms with E-state index in [2.05, 4.69) is 167 Å². The van der Waals surface area contributed by atoms with Crippen molar-refractivity contribution >= 4 is 39.5 Å². The highest BCUT2D eigenvalue weighted by atomic mass is 31.2. The van der Waals surface area contributed by atoms with Crippen LogP contribution in [0, 0.1) is 0 Å². The van der Waals surface area contributed by atoms with E-state index in [-0.39, 0.29) is 25.7 Å². The van der Waals surface area contributed by atoms with Crippen molar-refractivity contribution in [3.05, 3.63) is 158 Å². The van der Waals surface area contributed by atoms with Crippen LogP contribution in [0.4, 0.5) is 0 Å². The number of ether oxygens (including phenoxy) is 4. The molecule has 0 aromatic carbocycles. The van der Waals surface area contributed by atoms with Crippen molar-refractivity contribution < 1.29 is 80.2 Å². The number of hydrogen-bond donors (Lipinski definition) is 3. The first-order valence-corrected chi connectivity index (χ1v) is 42.7. The molecule has 0 aliphatic carbocycles. The molecule has 17 nitrogen and oxygen atoms in total. The van der Waals surface area contributed by atoms with Gasteiger partial charge in [0.15, 0.2) is 12.2 Å². The van der Waals surface area contributed by atoms with E-state index in [1.807, 2.05) is 18.2 Å². The zero-order valence-electron chi connectivity index (χ0n) is 64.6. The molecule has 0 aromatic rings. The molecule has 0 bridgehead atoms. The molecule has 592 valence electrons. The Hall–Kier alpha value is -5.32. The smallest absolute Gasteiger partial charge is 0.462 e. The first-order valence-electron chi connectivity index (χ1n) is 39.7. The molecule has 0 heterocycles. The summed E-state index contributed by atoms with van der Waals surface area (Å²) >= 11 is 0. The van der Waals surface area contributed by atoms with Gasteiger partial charge in [-0.05, 0) is 135 Å². The van der Waals surface area contributed by atoms with Crippen LogP contribution in [0.3, 0.4) is 0 Å². The van der Waals surface area contributed by atoms with E-state index in [0.29, 0.717) is 32.1 Å². The highest BCUT2D eigenvalue weighted by molar-refractivity contribution is 7.47. The van der Waals surface area contributed by atoms with Crippen molar-refractivity contribution in [1.82, 2.24) is 0 Å². The average Bonchev–Trinajstić information content (AvgIpc) is 0.918. The van der Waals surface area contributed by atoms with Gasteiger partial charge in [-0.15, -0.1) is 0 Å². The molecule has 5 atom stereocenters. The molecule has 5 unspecified atom stereocenters. The van der Waals surface area contributed by atoms with Crippen LogP contribution in [0.15, 0.2) is 158 Å². The van der Waals surface area contributed by atoms with E-state index in [0.717, 1.165) is 148 Å². The standard InChI is InChI=1S/C85H140O17P2/c1-5-9-13-17-21-25-29-33-37-38-39-40-44-46-50-54-58-62-66-70-83(88)96-76-81(102-85(90)72-68-64-60-56-52-48-43-36-32-28-24-20-16-12-8-4)78-100-104(93,94)98-74-79(86)73-97-103(91,92)99-77-80(101-84(89)71-67-63-59-55-51-47-42-35-31-27-23-19-15-11-7-3)75-95-82(87)69-65-61-57-53-49-45-41-34-30-26-22-18-14-10-6-2/h9-10,12-14,16,21-22,24-26,28,33-34,36-37,39-41,43,46,49-50,53,58,62,79-81,86H,5-8,11,15,17-20,23,27,29-32,35,38,42,44-45,47-48,51-52,54-57,59-61,63-78H2,1-4H3,(H,91,92)(H,93,94)/b13-9-,14-10-,16-12-,25-21-,26-22-,28-24-,37-33-,40-39-,41-34-,43-36-,50-46-,53-49-,62-58-. The summed E-state index contributed by atoms with van der Waals surface area (Å²) in [5, 5.41) is 10.6. The van der Waals surface area contributed by atoms with Crippen molar-refractivity contribution in [2.24, 2.45) is 0 Å². The van der Waals surface area contributed by atoms with Gasteiger partial charge in [0.25, 0.3) is 0 Å². The zero-order chi connectivity index (χ0) is 76.0. The quantitative estimate of drug-likeness (QED) is 0.0169. The molecule has 19 heteroatoms. The van der Waals surface area contributed by atoms with Crippen LogP contribution in [0.2, 0.25) is 0 Å². The number of aliphatic hydroxyl groups excluding tert-OH is 1. The number of allylic oxidation sites excluding steroid dienone is 26. The fraction of sp³-hybridized carbons (Fsp3) is 0.647. The Morgan fingerprint density at radius 1 is 0.279 bits per heavy atom. The lowest BCUT2D eigenvalue weighted by atomic mass is 10.0. The van der Waals surface area contributed by atoms with Gasteiger partial charge >= 0.3 is 39.5 Å². The number of carbonyl (C=O) groups excluding carboxylic acids is 4. The van der Waals surface area contributed by atoms with Gasteiger partial charge in [0, 0.05) is 25.7 Å². The van der Waals surface area contributed by atoms with Crippen molar-refractivity contribution in [3.63, 3.8) is 0 Å². The van der Waals surface area contributed by atoms with Gasteiger partial charge in [-0.1, -0.05) is 295 Å². The molecule has 0 aliphatic heterocycles. The van der Waals surface area contributed by atoms with Crippen molar-refractivity contribution in [3.8, 4) is 0 Å². The third kappa shape index (κ3) is 74.9. The summed E-state index contributed by atoms with van der Waals surface area (Å²) in [6.07, 6.45) is 88.1. The van der Waals surface area contributed by atoms with E-state index in [4.69, 9.17) is 37.0 Å². The lowest BCUT2D eigenvalue weighted by molar-refractivity contribution is -0.161. The number of aliphatic hydroxyl groups is 1. The minimum Gasteiger partial charge on any atom is -0.462 e. The summed E-state index contributed by atoms with van der Waals surface area (Å²) < 4.78 is 68.5. The Balaban J connectivity index is 5.47. The number of phosphoric acid groups is 2. The summed E-state index contributed by atoms with van der Waals surface area (Å²) in [5.74, 6) is -2.34. The summed E-state index contributed by atoms with van der Waals surface area (Å²) in [7, 11) is -10.0. The topological polar surface area (TPSA) is 237 Å². The van der Waals surface area contributed by atoms with Crippen LogP contribution >= 0.6 is 15.6 Å². The van der Waals surface area contributed by atoms with Crippen molar-refractivity contribution in [1.29, 1.82) is 0 Å². The third-order valence-electron chi connectivity index (χ3n) is 16.0. The molecule has 0 amide bonds. The third-order valence-corrected chi connectivity index (χ3v) is 17.9. The van der Waals surface area contributed by atoms with E-state index >= 15 is 0 Å². The van der Waals surface area contributed by atoms with Gasteiger partial charge in [0.1, 0.15) is 19.3 Å². The molecule has 0 rings (SSSR count). The second-order valence-electron chi connectivity index (χ2n) is 25.9. The van der Waals surface area contributed by atoms with E-state index in [9.17, 15) is 43.2 Å². The Morgan fingerprint density at radius 2 is 0.519 bits per heavy atom. The van der Waals surface area contributed by atoms with Crippen LogP contribution < -0.4 is 0 Å². The fourth-order valence-corrected chi connectivity index (χ4v) is 11.7. The van der Waals surface area contributed by atoms with Gasteiger partial charge in [0.2, 0.25) is 0 Å². The minimum absolute atomic E-state index is 0.0267. The Morgan fingerprint density at radius 3 is 0.846 bits per heavy atom. The Bertz CT molecular complexity index is 2590. The largest absolute Gasteiger partial charge is 0.472 e. The van der Waals surface area contributed by atoms with Crippen molar-refractivity contribution in [2.45, 2.75) is 316 Å². The summed E-state index contributed by atoms with van der Waals surface area (Å²) in [6.45, 7) is 4.38. The number of hydrogen-bond acceptors (Lipinski definition) is 15. The molecular formula is C85H140O17P2. The fourth-order valence-electron chi connectivity index (χ4n) is 10.1. The Kier molecular flexibility index (Phi) is 72.0. The SMILES string of the molecule is CC/C=C\C/C=C\C/C=C\C/C=C\C/C=C\C/C=C\CCC(=O)OCC(COP(=O)(O)OCC(O)COP(=O)(O)OCC(COC(=O)CCCC/C=C\C/C=C\C/C=C\C/C=C\CC)OC(=O)CCCCCCCCCCCCCCCCC)OC(=O)CCCCCCC/C=C\C/C=C\C/C=C\CC. The number of phosphoric ester groups is 2. The molecule has 0 radical (unpaired) electrons. The van der Waals surface area contributed by atoms with Gasteiger partial charge in [0.05, 0.1) is 26.4 Å². The predicted molar refractivity (Wildman–Crippen MR) is 427 cm³/mol. The summed E-state index contributed by atoms with van der Waals surface area (Å²) in [5.41, 5.74) is 0. The molecule has 0 aliphatic rings. The van der Waals surface area contributed by atoms with Crippen LogP contribution in [-0.2, 0) is 65.4 Å². The second-order valence-corrected chi connectivity index (χ2v) is 28.8. The number of rotatable bonds is 73. The molecule has 104 heavy (non-hydrogen) atoms. The van der Waals surface area contributed by atoms with Crippen LogP contribution in [-0.4, -0.2) is 96.7 Å². The summed E-state index contributed by atoms with van der Waals surface area (Å²) in [6, 6.07) is 0. The molecule has 3 N–H and O–H groups in total. The first-order chi connectivity index (χ1) is 50.7. The maximum absolute atomic E-state index is 13.1. The number of esters is 4. The molecule has 0 fully saturated rings. The second kappa shape index (κ2) is 75.9. The maximum Gasteiger partial charge on any atom is 0.472 e. The minimum atomic E-state index is -5.01. The molecule has 0 aromatic heterocycles. The Labute approximate surface area is 629 Å². The first kappa shape index (κ1) is 98.7. The van der Waals surface area contributed by atoms with Gasteiger partial charge in [-0.25, -0.2) is 9.13 Å². The van der Waals surface area contributed by atoms with Gasteiger partial charge in [-0.2, -0.15) is 0 Å². The monoisotopic (exact) mass is 1490 g/mol. The molecule has 0 spiro atoms. The van der Waals surface area contributed by atoms with E-state index < -0.39 is 97.5 Å². The molecule has 0 saturated carbocycles. The highest BCUT2D eigenvalue weighted by Gasteiger charge is 2.30. The maximum atomic E-state index is 13.1. The van der Waals surface area contributed by atoms with Crippen LogP contribution in [0.25, 0.3) is 0 Å². The van der Waals surface area contributed by atoms with E-state index in [1.165, 1.54) is 64.2 Å². The number of carbonyl (C=O) groups is 4. The summed E-state index contributed by atoms with van der Waals surface area (Å²) in [4.78, 5) is 73.0. The van der Waals surface area contributed by atoms with Gasteiger partial charge in [-0.3, -0.25) is 37.3 Å². The van der Waals surface area contributed by atoms with Gasteiger partial charge < -0.3 is 33.8 Å². The van der Waals surface area contributed by atoms with Crippen LogP contribution in [0.1, 0.15) is 297 Å². The normalized spacial score (nSPS) is 14.7. The molecular weight excluding hydrogens is 1350 g/mol. The average molecular weight is 1500 g/mol. The van der Waals surface area contributed by atoms with Crippen molar-refractivity contribution in [2.75, 3.05) is 39.6 Å². The lowest BCUT2D eigenvalue weighted by Crippen LogP contribution is -2.30. The molecule has 0 saturated heterocycles. The number of unbranched alkanes of at least 4 members (excludes halogenated alkanes) is 21. The lowest BCUT2D eigenvalue weighted by Gasteiger charge is -2.21.